The molecule has 0 amide bonds. The van der Waals surface area contributed by atoms with Gasteiger partial charge in [-0.05, 0) is 5.92 Å². The third kappa shape index (κ3) is 9.51. The molecule has 2 nitrogen and oxygen atoms in total. The minimum Gasteiger partial charge on any atom is -0.481 e. The quantitative estimate of drug-likeness (QED) is 0.824. The van der Waals surface area contributed by atoms with Gasteiger partial charge < -0.3 is 5.11 Å². The van der Waals surface area contributed by atoms with E-state index in [-0.39, 0.29) is 34.7 Å². The Labute approximate surface area is 64.8 Å². The summed E-state index contributed by atoms with van der Waals surface area (Å²) in [6.45, 7) is 3.77. The second-order valence-corrected chi connectivity index (χ2v) is 1.99. The summed E-state index contributed by atoms with van der Waals surface area (Å²) in [6.07, 6.45) is 0.278. The molecule has 0 atom stereocenters. The van der Waals surface area contributed by atoms with Crippen LogP contribution in [-0.4, -0.2) is 11.1 Å². The van der Waals surface area contributed by atoms with Crippen LogP contribution in [0.2, 0.25) is 0 Å². The molecule has 0 fully saturated rings. The van der Waals surface area contributed by atoms with Gasteiger partial charge in [-0.3, -0.25) is 4.79 Å². The van der Waals surface area contributed by atoms with Crippen LogP contribution < -0.4 is 0 Å². The van der Waals surface area contributed by atoms with Crippen LogP contribution in [0.15, 0.2) is 0 Å². The third-order valence-corrected chi connectivity index (χ3v) is 0.583. The van der Waals surface area contributed by atoms with Crippen LogP contribution >= 0.6 is 0 Å². The molecule has 0 aliphatic rings. The molecule has 0 heterocycles. The number of carboxylic acids is 1. The molecule has 0 aliphatic carbocycles. The summed E-state index contributed by atoms with van der Waals surface area (Å²) < 4.78 is 0. The topological polar surface area (TPSA) is 37.3 Å². The van der Waals surface area contributed by atoms with Crippen molar-refractivity contribution in [2.24, 2.45) is 5.92 Å². The molecule has 0 saturated heterocycles. The van der Waals surface area contributed by atoms with Gasteiger partial charge in [0.1, 0.15) is 0 Å². The molecule has 3 heteroatoms. The Balaban J connectivity index is 0. The van der Waals surface area contributed by atoms with Crippen molar-refractivity contribution in [3.63, 3.8) is 0 Å². The normalized spacial score (nSPS) is 8.38. The molecule has 0 spiro atoms. The molecule has 0 unspecified atom stereocenters. The van der Waals surface area contributed by atoms with Crippen LogP contribution in [0.25, 0.3) is 0 Å². The van der Waals surface area contributed by atoms with Gasteiger partial charge in [0.2, 0.25) is 0 Å². The van der Waals surface area contributed by atoms with Crippen molar-refractivity contribution in [1.82, 2.24) is 0 Å². The molecule has 0 aromatic carbocycles. The summed E-state index contributed by atoms with van der Waals surface area (Å²) in [7, 11) is 0. The van der Waals surface area contributed by atoms with E-state index in [0.29, 0.717) is 0 Å². The number of carbonyl (C=O) groups is 1. The fourth-order valence-corrected chi connectivity index (χ4v) is 0.349. The zero-order chi connectivity index (χ0) is 5.86. The van der Waals surface area contributed by atoms with Crippen LogP contribution in [0.5, 0.6) is 0 Å². The van der Waals surface area contributed by atoms with Crippen molar-refractivity contribution >= 4 is 5.97 Å². The largest absolute Gasteiger partial charge is 0.481 e. The van der Waals surface area contributed by atoms with Gasteiger partial charge in [0.05, 0.1) is 0 Å². The molecule has 0 aliphatic heterocycles. The van der Waals surface area contributed by atoms with Crippen molar-refractivity contribution < 1.29 is 32.3 Å². The van der Waals surface area contributed by atoms with E-state index in [1.165, 1.54) is 0 Å². The van der Waals surface area contributed by atoms with Crippen molar-refractivity contribution in [3.05, 3.63) is 0 Å². The predicted octanol–water partition coefficient (Wildman–Crippen LogP) is 1.11. The molecule has 47 valence electrons. The standard InChI is InChI=1S/C5H10O2.Ta/c1-4(2)3-5(6)7;/h4H,3H2,1-2H3,(H,6,7);. The van der Waals surface area contributed by atoms with Crippen LogP contribution in [0.3, 0.4) is 0 Å². The first-order valence-corrected chi connectivity index (χ1v) is 2.34. The summed E-state index contributed by atoms with van der Waals surface area (Å²) in [6, 6.07) is 0. The van der Waals surface area contributed by atoms with E-state index < -0.39 is 5.97 Å². The van der Waals surface area contributed by atoms with E-state index in [4.69, 9.17) is 5.11 Å². The summed E-state index contributed by atoms with van der Waals surface area (Å²) in [5, 5.41) is 8.08. The molecule has 0 saturated carbocycles. The first kappa shape index (κ1) is 11.1. The summed E-state index contributed by atoms with van der Waals surface area (Å²) in [5.74, 6) is -0.438. The van der Waals surface area contributed by atoms with Crippen LogP contribution in [0.4, 0.5) is 0 Å². The van der Waals surface area contributed by atoms with Crippen molar-refractivity contribution in [1.29, 1.82) is 0 Å². The number of carboxylic acid groups (broad SMARTS) is 1. The van der Waals surface area contributed by atoms with Crippen molar-refractivity contribution in [2.75, 3.05) is 0 Å². The Morgan fingerprint density at radius 1 is 1.62 bits per heavy atom. The molecule has 0 rings (SSSR count). The third-order valence-electron chi connectivity index (χ3n) is 0.583. The zero-order valence-corrected chi connectivity index (χ0v) is 8.30. The Bertz CT molecular complexity index is 70.8. The van der Waals surface area contributed by atoms with E-state index in [0.717, 1.165) is 0 Å². The monoisotopic (exact) mass is 283 g/mol. The average molecular weight is 283 g/mol. The van der Waals surface area contributed by atoms with E-state index in [1.54, 1.807) is 0 Å². The summed E-state index contributed by atoms with van der Waals surface area (Å²) in [4.78, 5) is 9.81. The van der Waals surface area contributed by atoms with Gasteiger partial charge in [0.25, 0.3) is 0 Å². The minimum absolute atomic E-state index is 0. The zero-order valence-electron chi connectivity index (χ0n) is 5.09. The second kappa shape index (κ2) is 5.35. The van der Waals surface area contributed by atoms with Gasteiger partial charge in [0.15, 0.2) is 0 Å². The van der Waals surface area contributed by atoms with Gasteiger partial charge in [-0.2, -0.15) is 0 Å². The van der Waals surface area contributed by atoms with Gasteiger partial charge in [0, 0.05) is 28.8 Å². The maximum Gasteiger partial charge on any atom is 0.303 e. The Hall–Kier alpha value is 0.210. The number of aliphatic carboxylic acids is 1. The van der Waals surface area contributed by atoms with E-state index in [1.807, 2.05) is 13.8 Å². The van der Waals surface area contributed by atoms with Gasteiger partial charge in [-0.1, -0.05) is 13.8 Å². The SMILES string of the molecule is CC(C)CC(=O)O.[Ta]. The fourth-order valence-electron chi connectivity index (χ4n) is 0.349. The Morgan fingerprint density at radius 2 is 2.00 bits per heavy atom. The second-order valence-electron chi connectivity index (χ2n) is 1.99. The van der Waals surface area contributed by atoms with Gasteiger partial charge in [-0.25, -0.2) is 0 Å². The molecule has 0 bridgehead atoms. The molecule has 1 N–H and O–H groups in total. The number of hydrogen-bond acceptors (Lipinski definition) is 1. The minimum atomic E-state index is -0.713. The van der Waals surface area contributed by atoms with Crippen LogP contribution in [0, 0.1) is 5.92 Å². The van der Waals surface area contributed by atoms with Crippen molar-refractivity contribution in [2.45, 2.75) is 20.3 Å². The van der Waals surface area contributed by atoms with Gasteiger partial charge >= 0.3 is 5.97 Å². The summed E-state index contributed by atoms with van der Waals surface area (Å²) >= 11 is 0. The van der Waals surface area contributed by atoms with Gasteiger partial charge in [-0.15, -0.1) is 0 Å². The van der Waals surface area contributed by atoms with E-state index >= 15 is 0 Å². The maximum absolute atomic E-state index is 9.81. The van der Waals surface area contributed by atoms with Crippen LogP contribution in [-0.2, 0) is 27.2 Å². The Kier molecular flexibility index (Phi) is 7.40. The fraction of sp³-hybridized carbons (Fsp3) is 0.800. The Morgan fingerprint density at radius 3 is 2.00 bits per heavy atom. The van der Waals surface area contributed by atoms with E-state index in [9.17, 15) is 4.79 Å². The van der Waals surface area contributed by atoms with E-state index in [2.05, 4.69) is 0 Å². The van der Waals surface area contributed by atoms with Crippen LogP contribution in [0.1, 0.15) is 20.3 Å². The first-order chi connectivity index (χ1) is 3.13. The predicted molar refractivity (Wildman–Crippen MR) is 27.1 cm³/mol. The first-order valence-electron chi connectivity index (χ1n) is 2.34. The number of hydrogen-bond donors (Lipinski definition) is 1. The summed E-state index contributed by atoms with van der Waals surface area (Å²) in [5.41, 5.74) is 0. The molecule has 0 aromatic heterocycles. The molecular formula is C5H10O2Ta. The molecule has 0 aromatic rings. The molecular weight excluding hydrogens is 273 g/mol. The maximum atomic E-state index is 9.81. The van der Waals surface area contributed by atoms with Crippen molar-refractivity contribution in [3.8, 4) is 0 Å². The smallest absolute Gasteiger partial charge is 0.303 e. The number of rotatable bonds is 2. The molecule has 8 heavy (non-hydrogen) atoms. The molecule has 1 radical (unpaired) electrons. The average Bonchev–Trinajstić information content (AvgIpc) is 1.27.